The van der Waals surface area contributed by atoms with Crippen LogP contribution >= 0.6 is 11.8 Å². The number of hydrogen-bond donors (Lipinski definition) is 1. The van der Waals surface area contributed by atoms with Crippen LogP contribution in [0.15, 0.2) is 35.3 Å². The minimum atomic E-state index is 0.399. The summed E-state index contributed by atoms with van der Waals surface area (Å²) in [6, 6.07) is 11.0. The minimum absolute atomic E-state index is 0.399. The standard InChI is InChI=1S/C14H19N3OS/c1-2-4-12(5-3-1)10-13-11-19-14(15-13)16-17-6-8-18-9-7-17/h1-5,13H,6-11H2,(H,15,16). The summed E-state index contributed by atoms with van der Waals surface area (Å²) in [5, 5.41) is 3.25. The Morgan fingerprint density at radius 2 is 2.05 bits per heavy atom. The number of rotatable bonds is 3. The van der Waals surface area contributed by atoms with Crippen LogP contribution in [0, 0.1) is 0 Å². The molecule has 0 amide bonds. The molecule has 0 radical (unpaired) electrons. The maximum Gasteiger partial charge on any atom is 0.171 e. The predicted octanol–water partition coefficient (Wildman–Crippen LogP) is 1.54. The average molecular weight is 277 g/mol. The zero-order valence-electron chi connectivity index (χ0n) is 10.9. The van der Waals surface area contributed by atoms with Crippen molar-refractivity contribution in [3.05, 3.63) is 35.9 Å². The first-order chi connectivity index (χ1) is 9.40. The van der Waals surface area contributed by atoms with Gasteiger partial charge in [-0.1, -0.05) is 42.1 Å². The molecule has 1 fully saturated rings. The zero-order valence-corrected chi connectivity index (χ0v) is 11.7. The Morgan fingerprint density at radius 3 is 2.84 bits per heavy atom. The van der Waals surface area contributed by atoms with Gasteiger partial charge in [-0.15, -0.1) is 0 Å². The Labute approximate surface area is 118 Å². The van der Waals surface area contributed by atoms with Crippen molar-refractivity contribution in [3.8, 4) is 0 Å². The third kappa shape index (κ3) is 3.72. The highest BCUT2D eigenvalue weighted by Gasteiger charge is 2.20. The number of hydrazine groups is 1. The lowest BCUT2D eigenvalue weighted by molar-refractivity contribution is 0.0253. The van der Waals surface area contributed by atoms with Crippen LogP contribution in [0.3, 0.4) is 0 Å². The first kappa shape index (κ1) is 13.0. The van der Waals surface area contributed by atoms with E-state index in [2.05, 4.69) is 40.8 Å². The monoisotopic (exact) mass is 277 g/mol. The predicted molar refractivity (Wildman–Crippen MR) is 79.4 cm³/mol. The molecule has 19 heavy (non-hydrogen) atoms. The van der Waals surface area contributed by atoms with Gasteiger partial charge in [0, 0.05) is 18.8 Å². The van der Waals surface area contributed by atoms with Crippen LogP contribution in [-0.2, 0) is 11.2 Å². The fourth-order valence-corrected chi connectivity index (χ4v) is 3.24. The highest BCUT2D eigenvalue weighted by Crippen LogP contribution is 2.20. The van der Waals surface area contributed by atoms with Crippen molar-refractivity contribution in [1.82, 2.24) is 10.4 Å². The smallest absolute Gasteiger partial charge is 0.171 e. The summed E-state index contributed by atoms with van der Waals surface area (Å²) >= 11 is 1.82. The molecule has 102 valence electrons. The molecule has 0 bridgehead atoms. The molecule has 0 aromatic heterocycles. The Morgan fingerprint density at radius 1 is 1.26 bits per heavy atom. The van der Waals surface area contributed by atoms with Crippen LogP contribution in [0.5, 0.6) is 0 Å². The third-order valence-corrected chi connectivity index (χ3v) is 4.31. The van der Waals surface area contributed by atoms with Gasteiger partial charge >= 0.3 is 0 Å². The van der Waals surface area contributed by atoms with Crippen LogP contribution in [0.1, 0.15) is 5.56 Å². The molecule has 1 N–H and O–H groups in total. The van der Waals surface area contributed by atoms with Gasteiger partial charge in [0.15, 0.2) is 5.17 Å². The fourth-order valence-electron chi connectivity index (χ4n) is 2.28. The van der Waals surface area contributed by atoms with E-state index in [9.17, 15) is 0 Å². The molecule has 1 aromatic carbocycles. The van der Waals surface area contributed by atoms with E-state index in [-0.39, 0.29) is 0 Å². The van der Waals surface area contributed by atoms with Crippen molar-refractivity contribution in [2.75, 3.05) is 32.1 Å². The van der Waals surface area contributed by atoms with Gasteiger partial charge in [0.1, 0.15) is 0 Å². The van der Waals surface area contributed by atoms with Crippen LogP contribution in [0.2, 0.25) is 0 Å². The van der Waals surface area contributed by atoms with E-state index in [1.807, 2.05) is 11.8 Å². The maximum atomic E-state index is 5.34. The van der Waals surface area contributed by atoms with Crippen molar-refractivity contribution in [1.29, 1.82) is 0 Å². The first-order valence-corrected chi connectivity index (χ1v) is 7.72. The Bertz CT molecular complexity index is 432. The van der Waals surface area contributed by atoms with Gasteiger partial charge in [0.25, 0.3) is 0 Å². The summed E-state index contributed by atoms with van der Waals surface area (Å²) in [6.07, 6.45) is 1.03. The molecule has 0 aliphatic carbocycles. The lowest BCUT2D eigenvalue weighted by Gasteiger charge is -2.27. The average Bonchev–Trinajstić information content (AvgIpc) is 2.88. The molecular formula is C14H19N3OS. The van der Waals surface area contributed by atoms with Crippen LogP contribution in [0.25, 0.3) is 0 Å². The summed E-state index contributed by atoms with van der Waals surface area (Å²) in [6.45, 7) is 3.47. The number of benzene rings is 1. The molecule has 0 spiro atoms. The second-order valence-corrected chi connectivity index (χ2v) is 5.81. The fraction of sp³-hybridized carbons (Fsp3) is 0.500. The van der Waals surface area contributed by atoms with Crippen molar-refractivity contribution >= 4 is 16.9 Å². The van der Waals surface area contributed by atoms with E-state index in [1.54, 1.807) is 0 Å². The van der Waals surface area contributed by atoms with E-state index in [0.717, 1.165) is 43.6 Å². The number of morpholine rings is 1. The molecule has 1 aromatic rings. The normalized spacial score (nSPS) is 24.2. The number of thioether (sulfide) groups is 1. The third-order valence-electron chi connectivity index (χ3n) is 3.29. The van der Waals surface area contributed by atoms with Crippen LogP contribution < -0.4 is 5.43 Å². The number of amidine groups is 1. The van der Waals surface area contributed by atoms with Crippen molar-refractivity contribution in [3.63, 3.8) is 0 Å². The molecule has 4 nitrogen and oxygen atoms in total. The number of nitrogens with one attached hydrogen (secondary N) is 1. The van der Waals surface area contributed by atoms with E-state index >= 15 is 0 Å². The van der Waals surface area contributed by atoms with Gasteiger partial charge in [0.05, 0.1) is 19.3 Å². The Balaban J connectivity index is 1.52. The first-order valence-electron chi connectivity index (χ1n) is 6.74. The lowest BCUT2D eigenvalue weighted by atomic mass is 10.1. The second-order valence-electron chi connectivity index (χ2n) is 4.80. The van der Waals surface area contributed by atoms with Gasteiger partial charge in [-0.2, -0.15) is 0 Å². The van der Waals surface area contributed by atoms with E-state index in [1.165, 1.54) is 5.56 Å². The SMILES string of the molecule is c1ccc(CC2CSC(NN3CCOCC3)=N2)cc1. The van der Waals surface area contributed by atoms with Gasteiger partial charge < -0.3 is 4.74 Å². The molecule has 2 aliphatic heterocycles. The van der Waals surface area contributed by atoms with E-state index in [4.69, 9.17) is 9.73 Å². The molecule has 5 heteroatoms. The minimum Gasteiger partial charge on any atom is -0.379 e. The molecule has 0 saturated carbocycles. The molecular weight excluding hydrogens is 258 g/mol. The molecule has 3 rings (SSSR count). The van der Waals surface area contributed by atoms with E-state index < -0.39 is 0 Å². The molecule has 2 heterocycles. The number of aliphatic imine (C=N–C) groups is 1. The highest BCUT2D eigenvalue weighted by atomic mass is 32.2. The molecule has 1 atom stereocenters. The summed E-state index contributed by atoms with van der Waals surface area (Å²) in [5.74, 6) is 1.07. The van der Waals surface area contributed by atoms with Crippen molar-refractivity contribution < 1.29 is 4.74 Å². The quantitative estimate of drug-likeness (QED) is 0.909. The highest BCUT2D eigenvalue weighted by molar-refractivity contribution is 8.14. The Hall–Kier alpha value is -1.04. The maximum absolute atomic E-state index is 5.34. The van der Waals surface area contributed by atoms with Crippen LogP contribution in [-0.4, -0.2) is 48.3 Å². The lowest BCUT2D eigenvalue weighted by Crippen LogP contribution is -2.47. The van der Waals surface area contributed by atoms with Crippen LogP contribution in [0.4, 0.5) is 0 Å². The Kier molecular flexibility index (Phi) is 4.37. The number of nitrogens with zero attached hydrogens (tertiary/aromatic N) is 2. The van der Waals surface area contributed by atoms with Gasteiger partial charge in [-0.25, -0.2) is 5.01 Å². The second kappa shape index (κ2) is 6.41. The summed E-state index contributed by atoms with van der Waals surface area (Å²) < 4.78 is 5.34. The zero-order chi connectivity index (χ0) is 12.9. The topological polar surface area (TPSA) is 36.9 Å². The number of hydrogen-bond acceptors (Lipinski definition) is 5. The van der Waals surface area contributed by atoms with Crippen molar-refractivity contribution in [2.24, 2.45) is 4.99 Å². The molecule has 1 unspecified atom stereocenters. The summed E-state index contributed by atoms with van der Waals surface area (Å²) in [7, 11) is 0. The van der Waals surface area contributed by atoms with E-state index in [0.29, 0.717) is 6.04 Å². The van der Waals surface area contributed by atoms with Gasteiger partial charge in [-0.3, -0.25) is 10.4 Å². The van der Waals surface area contributed by atoms with Crippen molar-refractivity contribution in [2.45, 2.75) is 12.5 Å². The van der Waals surface area contributed by atoms with Gasteiger partial charge in [-0.05, 0) is 12.0 Å². The summed E-state index contributed by atoms with van der Waals surface area (Å²) in [5.41, 5.74) is 4.77. The number of ether oxygens (including phenoxy) is 1. The molecule has 2 aliphatic rings. The largest absolute Gasteiger partial charge is 0.379 e. The summed E-state index contributed by atoms with van der Waals surface area (Å²) in [4.78, 5) is 4.76. The van der Waals surface area contributed by atoms with Gasteiger partial charge in [0.2, 0.25) is 0 Å². The molecule has 1 saturated heterocycles.